The molecule has 3 nitrogen and oxygen atoms in total. The van der Waals surface area contributed by atoms with E-state index < -0.39 is 0 Å². The van der Waals surface area contributed by atoms with Gasteiger partial charge in [0.2, 0.25) is 0 Å². The predicted molar refractivity (Wildman–Crippen MR) is 115 cm³/mol. The summed E-state index contributed by atoms with van der Waals surface area (Å²) in [7, 11) is 1.70. The second-order valence-electron chi connectivity index (χ2n) is 7.00. The Hall–Kier alpha value is -0.820. The fourth-order valence-electron chi connectivity index (χ4n) is 3.59. The van der Waals surface area contributed by atoms with Gasteiger partial charge in [0.05, 0.1) is 19.3 Å². The average molecular weight is 486 g/mol. The number of ether oxygens (including phenoxy) is 2. The molecule has 0 spiro atoms. The average Bonchev–Trinajstić information content (AvgIpc) is 2.58. The van der Waals surface area contributed by atoms with Gasteiger partial charge in [0.25, 0.3) is 0 Å². The number of morpholine rings is 1. The minimum absolute atomic E-state index is 0.199. The Morgan fingerprint density at radius 3 is 2.62 bits per heavy atom. The lowest BCUT2D eigenvalue weighted by atomic mass is 10.0. The molecule has 1 saturated heterocycles. The summed E-state index contributed by atoms with van der Waals surface area (Å²) in [6.45, 7) is 7.12. The smallest absolute Gasteiger partial charge is 0.118 e. The standard InChI is InChI=1S/C21H25ClINO2/c1-14-8-17(22)9-21(23)20(14)10-19-13-24(11-15(2)26-19)12-16-4-6-18(25-3)7-5-16/h4-9,15,19H,10-13H2,1-3H3/t15-,19?/m0/s1. The fourth-order valence-corrected chi connectivity index (χ4v) is 5.03. The molecule has 1 aliphatic rings. The zero-order valence-corrected chi connectivity index (χ0v) is 18.4. The molecule has 1 heterocycles. The normalized spacial score (nSPS) is 21.0. The molecule has 2 aromatic rings. The summed E-state index contributed by atoms with van der Waals surface area (Å²) < 4.78 is 12.7. The van der Waals surface area contributed by atoms with E-state index in [0.717, 1.165) is 36.8 Å². The monoisotopic (exact) mass is 485 g/mol. The Bertz CT molecular complexity index is 727. The van der Waals surface area contributed by atoms with Crippen molar-refractivity contribution in [3.8, 4) is 5.75 Å². The van der Waals surface area contributed by atoms with E-state index in [9.17, 15) is 0 Å². The van der Waals surface area contributed by atoms with Crippen LogP contribution in [-0.4, -0.2) is 37.3 Å². The van der Waals surface area contributed by atoms with Crippen molar-refractivity contribution >= 4 is 34.2 Å². The molecule has 2 aromatic carbocycles. The maximum absolute atomic E-state index is 6.24. The molecule has 0 bridgehead atoms. The van der Waals surface area contributed by atoms with Gasteiger partial charge < -0.3 is 9.47 Å². The third-order valence-corrected chi connectivity index (χ3v) is 5.96. The molecule has 2 atom stereocenters. The van der Waals surface area contributed by atoms with Crippen LogP contribution in [0.25, 0.3) is 0 Å². The lowest BCUT2D eigenvalue weighted by Gasteiger charge is -2.37. The third kappa shape index (κ3) is 5.12. The molecule has 0 aliphatic carbocycles. The number of methoxy groups -OCH3 is 1. The van der Waals surface area contributed by atoms with E-state index in [1.807, 2.05) is 24.3 Å². The molecule has 1 fully saturated rings. The van der Waals surface area contributed by atoms with Gasteiger partial charge in [0.1, 0.15) is 5.75 Å². The summed E-state index contributed by atoms with van der Waals surface area (Å²) in [6, 6.07) is 12.4. The van der Waals surface area contributed by atoms with Crippen LogP contribution in [0.2, 0.25) is 5.02 Å². The Morgan fingerprint density at radius 1 is 1.23 bits per heavy atom. The van der Waals surface area contributed by atoms with Crippen LogP contribution in [0.3, 0.4) is 0 Å². The first-order chi connectivity index (χ1) is 12.4. The van der Waals surface area contributed by atoms with E-state index in [0.29, 0.717) is 0 Å². The van der Waals surface area contributed by atoms with Crippen LogP contribution in [0.15, 0.2) is 36.4 Å². The van der Waals surface area contributed by atoms with E-state index >= 15 is 0 Å². The fraction of sp³-hybridized carbons (Fsp3) is 0.429. The van der Waals surface area contributed by atoms with Gasteiger partial charge >= 0.3 is 0 Å². The Balaban J connectivity index is 1.68. The van der Waals surface area contributed by atoms with Gasteiger partial charge in [-0.1, -0.05) is 23.7 Å². The van der Waals surface area contributed by atoms with Gasteiger partial charge in [0.15, 0.2) is 0 Å². The molecule has 0 radical (unpaired) electrons. The number of benzene rings is 2. The van der Waals surface area contributed by atoms with Crippen LogP contribution in [-0.2, 0) is 17.7 Å². The van der Waals surface area contributed by atoms with E-state index in [-0.39, 0.29) is 12.2 Å². The van der Waals surface area contributed by atoms with Crippen LogP contribution >= 0.6 is 34.2 Å². The third-order valence-electron chi connectivity index (χ3n) is 4.78. The van der Waals surface area contributed by atoms with Crippen molar-refractivity contribution in [3.63, 3.8) is 0 Å². The molecule has 5 heteroatoms. The Kier molecular flexibility index (Phi) is 6.83. The molecule has 26 heavy (non-hydrogen) atoms. The van der Waals surface area contributed by atoms with Crippen molar-refractivity contribution in [1.29, 1.82) is 0 Å². The van der Waals surface area contributed by atoms with Crippen LogP contribution in [0.1, 0.15) is 23.6 Å². The molecule has 0 amide bonds. The van der Waals surface area contributed by atoms with Crippen molar-refractivity contribution in [2.24, 2.45) is 0 Å². The van der Waals surface area contributed by atoms with Crippen LogP contribution in [0.4, 0.5) is 0 Å². The summed E-state index contributed by atoms with van der Waals surface area (Å²) in [5.41, 5.74) is 3.89. The maximum Gasteiger partial charge on any atom is 0.118 e. The number of nitrogens with zero attached hydrogens (tertiary/aromatic N) is 1. The van der Waals surface area contributed by atoms with E-state index in [1.165, 1.54) is 20.3 Å². The maximum atomic E-state index is 6.24. The van der Waals surface area contributed by atoms with Gasteiger partial charge in [-0.05, 0) is 77.4 Å². The molecule has 0 saturated carbocycles. The minimum Gasteiger partial charge on any atom is -0.497 e. The summed E-state index contributed by atoms with van der Waals surface area (Å²) in [5.74, 6) is 0.898. The lowest BCUT2D eigenvalue weighted by molar-refractivity contribution is -0.0785. The molecular weight excluding hydrogens is 461 g/mol. The predicted octanol–water partition coefficient (Wildman–Crippen LogP) is 5.09. The minimum atomic E-state index is 0.199. The SMILES string of the molecule is COc1ccc(CN2CC(Cc3c(C)cc(Cl)cc3I)O[C@@H](C)C2)cc1. The second-order valence-corrected chi connectivity index (χ2v) is 8.60. The highest BCUT2D eigenvalue weighted by Crippen LogP contribution is 2.26. The molecule has 1 unspecified atom stereocenters. The van der Waals surface area contributed by atoms with Crippen LogP contribution < -0.4 is 4.74 Å². The number of aryl methyl sites for hydroxylation is 1. The van der Waals surface area contributed by atoms with Gasteiger partial charge in [-0.2, -0.15) is 0 Å². The highest BCUT2D eigenvalue weighted by Gasteiger charge is 2.26. The number of hydrogen-bond acceptors (Lipinski definition) is 3. The molecule has 3 rings (SSSR count). The quantitative estimate of drug-likeness (QED) is 0.551. The van der Waals surface area contributed by atoms with Crippen molar-refractivity contribution in [1.82, 2.24) is 4.90 Å². The van der Waals surface area contributed by atoms with E-state index in [2.05, 4.69) is 53.5 Å². The molecule has 140 valence electrons. The first-order valence-electron chi connectivity index (χ1n) is 8.90. The Morgan fingerprint density at radius 2 is 1.96 bits per heavy atom. The largest absolute Gasteiger partial charge is 0.497 e. The van der Waals surface area contributed by atoms with E-state index in [1.54, 1.807) is 7.11 Å². The van der Waals surface area contributed by atoms with Crippen molar-refractivity contribution in [3.05, 3.63) is 61.7 Å². The zero-order chi connectivity index (χ0) is 18.7. The zero-order valence-electron chi connectivity index (χ0n) is 15.5. The molecular formula is C21H25ClINO2. The first kappa shape index (κ1) is 19.9. The number of hydrogen-bond donors (Lipinski definition) is 0. The number of rotatable bonds is 5. The van der Waals surface area contributed by atoms with Gasteiger partial charge in [-0.25, -0.2) is 0 Å². The van der Waals surface area contributed by atoms with Gasteiger partial charge in [0, 0.05) is 34.6 Å². The van der Waals surface area contributed by atoms with Crippen molar-refractivity contribution < 1.29 is 9.47 Å². The summed E-state index contributed by atoms with van der Waals surface area (Å²) >= 11 is 8.55. The van der Waals surface area contributed by atoms with E-state index in [4.69, 9.17) is 21.1 Å². The molecule has 0 N–H and O–H groups in total. The highest BCUT2D eigenvalue weighted by atomic mass is 127. The summed E-state index contributed by atoms with van der Waals surface area (Å²) in [6.07, 6.45) is 1.35. The highest BCUT2D eigenvalue weighted by molar-refractivity contribution is 14.1. The van der Waals surface area contributed by atoms with Crippen molar-refractivity contribution in [2.45, 2.75) is 39.0 Å². The van der Waals surface area contributed by atoms with Crippen LogP contribution in [0.5, 0.6) is 5.75 Å². The molecule has 1 aliphatic heterocycles. The molecule has 0 aromatic heterocycles. The summed E-state index contributed by atoms with van der Waals surface area (Å²) in [4.78, 5) is 2.48. The first-order valence-corrected chi connectivity index (χ1v) is 10.4. The second kappa shape index (κ2) is 8.91. The number of halogens is 2. The Labute approximate surface area is 174 Å². The van der Waals surface area contributed by atoms with Gasteiger partial charge in [-0.3, -0.25) is 4.90 Å². The van der Waals surface area contributed by atoms with Crippen LogP contribution in [0, 0.1) is 10.5 Å². The summed E-state index contributed by atoms with van der Waals surface area (Å²) in [5, 5.41) is 0.801. The lowest BCUT2D eigenvalue weighted by Crippen LogP contribution is -2.47. The van der Waals surface area contributed by atoms with Crippen molar-refractivity contribution in [2.75, 3.05) is 20.2 Å². The van der Waals surface area contributed by atoms with Gasteiger partial charge in [-0.15, -0.1) is 0 Å². The topological polar surface area (TPSA) is 21.7 Å².